The lowest BCUT2D eigenvalue weighted by atomic mass is 10.2. The molecule has 0 aliphatic carbocycles. The molecule has 68 valence electrons. The van der Waals surface area contributed by atoms with Gasteiger partial charge in [-0.25, -0.2) is 0 Å². The molecule has 0 spiro atoms. The van der Waals surface area contributed by atoms with Crippen LogP contribution in [-0.2, 0) is 0 Å². The maximum Gasteiger partial charge on any atom is 0.189 e. The highest BCUT2D eigenvalue weighted by molar-refractivity contribution is 5.86. The molecule has 2 rings (SSSR count). The molecule has 0 fully saturated rings. The van der Waals surface area contributed by atoms with Gasteiger partial charge in [-0.05, 0) is 22.9 Å². The Kier molecular flexibility index (Phi) is 2.11. The van der Waals surface area contributed by atoms with Crippen molar-refractivity contribution in [1.29, 1.82) is 0 Å². The summed E-state index contributed by atoms with van der Waals surface area (Å²) in [6.07, 6.45) is 0.592. The van der Waals surface area contributed by atoms with Crippen LogP contribution in [0.4, 0.5) is 0 Å². The van der Waals surface area contributed by atoms with Crippen molar-refractivity contribution in [3.05, 3.63) is 58.3 Å². The Bertz CT molecular complexity index is 544. The summed E-state index contributed by atoms with van der Waals surface area (Å²) >= 11 is 0. The second kappa shape index (κ2) is 3.42. The predicted molar refractivity (Wildman–Crippen MR) is 55.6 cm³/mol. The van der Waals surface area contributed by atoms with E-state index in [-0.39, 0.29) is 11.0 Å². The molecule has 2 aromatic rings. The van der Waals surface area contributed by atoms with Crippen molar-refractivity contribution in [2.24, 2.45) is 0 Å². The van der Waals surface area contributed by atoms with Gasteiger partial charge >= 0.3 is 0 Å². The third-order valence-corrected chi connectivity index (χ3v) is 2.13. The van der Waals surface area contributed by atoms with E-state index < -0.39 is 0 Å². The molecule has 0 heterocycles. The third-order valence-electron chi connectivity index (χ3n) is 2.13. The highest BCUT2D eigenvalue weighted by Gasteiger charge is 1.96. The quantitative estimate of drug-likeness (QED) is 0.635. The van der Waals surface area contributed by atoms with E-state index in [1.54, 1.807) is 12.1 Å². The van der Waals surface area contributed by atoms with Gasteiger partial charge in [-0.2, -0.15) is 0 Å². The maximum atomic E-state index is 11.3. The number of carbonyl (C=O) groups excluding carboxylic acids is 1. The van der Waals surface area contributed by atoms with Crippen LogP contribution in [0, 0.1) is 0 Å². The van der Waals surface area contributed by atoms with Crippen LogP contribution in [0.25, 0.3) is 10.8 Å². The molecule has 0 saturated heterocycles. The van der Waals surface area contributed by atoms with Crippen molar-refractivity contribution in [2.75, 3.05) is 0 Å². The lowest BCUT2D eigenvalue weighted by Crippen LogP contribution is -2.01. The highest BCUT2D eigenvalue weighted by Crippen LogP contribution is 2.10. The molecule has 2 heteroatoms. The van der Waals surface area contributed by atoms with Crippen molar-refractivity contribution in [1.82, 2.24) is 0 Å². The van der Waals surface area contributed by atoms with Gasteiger partial charge in [0.05, 0.1) is 5.56 Å². The van der Waals surface area contributed by atoms with E-state index >= 15 is 0 Å². The van der Waals surface area contributed by atoms with E-state index in [0.717, 1.165) is 10.8 Å². The van der Waals surface area contributed by atoms with Crippen LogP contribution < -0.4 is 5.43 Å². The smallest absolute Gasteiger partial charge is 0.189 e. The van der Waals surface area contributed by atoms with Crippen LogP contribution in [0.2, 0.25) is 0 Å². The van der Waals surface area contributed by atoms with Crippen LogP contribution in [0.3, 0.4) is 0 Å². The summed E-state index contributed by atoms with van der Waals surface area (Å²) in [5.74, 6) is 0. The molecule has 0 N–H and O–H groups in total. The topological polar surface area (TPSA) is 34.1 Å². The molecule has 0 saturated carbocycles. The van der Waals surface area contributed by atoms with Crippen molar-refractivity contribution < 1.29 is 4.79 Å². The van der Waals surface area contributed by atoms with Gasteiger partial charge in [0.2, 0.25) is 0 Å². The van der Waals surface area contributed by atoms with Gasteiger partial charge < -0.3 is 0 Å². The molecule has 0 amide bonds. The number of benzene rings is 1. The Morgan fingerprint density at radius 3 is 2.36 bits per heavy atom. The van der Waals surface area contributed by atoms with Crippen LogP contribution in [-0.4, -0.2) is 6.29 Å². The molecule has 14 heavy (non-hydrogen) atoms. The van der Waals surface area contributed by atoms with Crippen molar-refractivity contribution in [3.63, 3.8) is 0 Å². The van der Waals surface area contributed by atoms with Crippen LogP contribution in [0.1, 0.15) is 10.4 Å². The average Bonchev–Trinajstić information content (AvgIpc) is 2.38. The normalized spacial score (nSPS) is 10.0. The van der Waals surface area contributed by atoms with Crippen molar-refractivity contribution in [3.8, 4) is 0 Å². The van der Waals surface area contributed by atoms with E-state index in [9.17, 15) is 9.59 Å². The average molecular weight is 184 g/mol. The minimum atomic E-state index is -0.240. The fraction of sp³-hybridized carbons (Fsp3) is 0. The van der Waals surface area contributed by atoms with E-state index in [2.05, 4.69) is 0 Å². The summed E-state index contributed by atoms with van der Waals surface area (Å²) in [4.78, 5) is 21.9. The summed E-state index contributed by atoms with van der Waals surface area (Å²) in [7, 11) is 0. The summed E-state index contributed by atoms with van der Waals surface area (Å²) in [5, 5.41) is 1.86. The number of rotatable bonds is 1. The summed E-state index contributed by atoms with van der Waals surface area (Å²) < 4.78 is 0. The maximum absolute atomic E-state index is 11.3. The first kappa shape index (κ1) is 8.63. The van der Waals surface area contributed by atoms with Crippen molar-refractivity contribution >= 4 is 17.1 Å². The van der Waals surface area contributed by atoms with Crippen LogP contribution >= 0.6 is 0 Å². The lowest BCUT2D eigenvalue weighted by molar-refractivity contribution is 0.112. The van der Waals surface area contributed by atoms with Crippen LogP contribution in [0.5, 0.6) is 0 Å². The Morgan fingerprint density at radius 1 is 0.929 bits per heavy atom. The monoisotopic (exact) mass is 184 g/mol. The van der Waals surface area contributed by atoms with Gasteiger partial charge in [-0.3, -0.25) is 9.59 Å². The SMILES string of the molecule is O=Cc1cc2ccccc2ccc1=O. The second-order valence-corrected chi connectivity index (χ2v) is 3.04. The van der Waals surface area contributed by atoms with E-state index in [0.29, 0.717) is 6.29 Å². The van der Waals surface area contributed by atoms with Gasteiger partial charge in [0.15, 0.2) is 11.7 Å². The molecule has 0 aromatic heterocycles. The molecule has 0 aliphatic rings. The first-order valence-corrected chi connectivity index (χ1v) is 4.29. The fourth-order valence-electron chi connectivity index (χ4n) is 1.39. The van der Waals surface area contributed by atoms with Crippen LogP contribution in [0.15, 0.2) is 47.3 Å². The lowest BCUT2D eigenvalue weighted by Gasteiger charge is -1.88. The number of carbonyl (C=O) groups is 1. The zero-order chi connectivity index (χ0) is 9.97. The first-order chi connectivity index (χ1) is 6.81. The summed E-state index contributed by atoms with van der Waals surface area (Å²) in [6.45, 7) is 0. The Balaban J connectivity index is 2.95. The minimum absolute atomic E-state index is 0.200. The van der Waals surface area contributed by atoms with Crippen molar-refractivity contribution in [2.45, 2.75) is 0 Å². The Hall–Kier alpha value is -1.96. The number of aldehydes is 1. The van der Waals surface area contributed by atoms with E-state index in [1.807, 2.05) is 24.3 Å². The van der Waals surface area contributed by atoms with Gasteiger partial charge in [-0.15, -0.1) is 0 Å². The van der Waals surface area contributed by atoms with E-state index in [4.69, 9.17) is 0 Å². The summed E-state index contributed by atoms with van der Waals surface area (Å²) in [6, 6.07) is 12.3. The van der Waals surface area contributed by atoms with E-state index in [1.165, 1.54) is 6.07 Å². The molecule has 2 aromatic carbocycles. The fourth-order valence-corrected chi connectivity index (χ4v) is 1.39. The number of hydrogen-bond donors (Lipinski definition) is 0. The molecule has 0 aliphatic heterocycles. The molecular formula is C12H8O2. The standard InChI is InChI=1S/C12H8O2/c13-8-11-7-10-4-2-1-3-9(10)5-6-12(11)14/h1-8H. The van der Waals surface area contributed by atoms with Gasteiger partial charge in [0, 0.05) is 0 Å². The minimum Gasteiger partial charge on any atom is -0.298 e. The predicted octanol–water partition coefficient (Wildman–Crippen LogP) is 2.01. The van der Waals surface area contributed by atoms with Gasteiger partial charge in [0.1, 0.15) is 0 Å². The van der Waals surface area contributed by atoms with Gasteiger partial charge in [0.25, 0.3) is 0 Å². The second-order valence-electron chi connectivity index (χ2n) is 3.04. The zero-order valence-corrected chi connectivity index (χ0v) is 7.44. The number of hydrogen-bond acceptors (Lipinski definition) is 2. The summed E-state index contributed by atoms with van der Waals surface area (Å²) in [5.41, 5.74) is -0.0394. The van der Waals surface area contributed by atoms with Gasteiger partial charge in [-0.1, -0.05) is 30.3 Å². The molecule has 0 atom stereocenters. The Morgan fingerprint density at radius 2 is 1.64 bits per heavy atom. The Labute approximate surface area is 80.8 Å². The largest absolute Gasteiger partial charge is 0.298 e. The highest BCUT2D eigenvalue weighted by atomic mass is 16.1. The molecule has 0 radical (unpaired) electrons. The third kappa shape index (κ3) is 1.42. The molecule has 2 nitrogen and oxygen atoms in total. The zero-order valence-electron chi connectivity index (χ0n) is 7.44. The number of fused-ring (bicyclic) bond motifs is 1. The molecule has 0 unspecified atom stereocenters. The first-order valence-electron chi connectivity index (χ1n) is 4.29. The molecule has 0 bridgehead atoms. The molecular weight excluding hydrogens is 176 g/mol.